The fourth-order valence-electron chi connectivity index (χ4n) is 5.79. The first-order valence-electron chi connectivity index (χ1n) is 12.7. The molecule has 2 heterocycles. The van der Waals surface area contributed by atoms with E-state index in [1.807, 2.05) is 48.5 Å². The molecule has 0 radical (unpaired) electrons. The quantitative estimate of drug-likeness (QED) is 0.512. The predicted molar refractivity (Wildman–Crippen MR) is 138 cm³/mol. The van der Waals surface area contributed by atoms with Crippen LogP contribution in [0, 0.1) is 17.2 Å². The number of likely N-dealkylation sites (tertiary alicyclic amines) is 1. The predicted octanol–water partition coefficient (Wildman–Crippen LogP) is 3.94. The van der Waals surface area contributed by atoms with Crippen LogP contribution in [-0.2, 0) is 9.59 Å². The molecule has 1 aliphatic heterocycles. The van der Waals surface area contributed by atoms with Crippen molar-refractivity contribution < 1.29 is 19.1 Å². The van der Waals surface area contributed by atoms with Crippen molar-refractivity contribution in [2.45, 2.75) is 50.1 Å². The molecule has 2 aromatic carbocycles. The van der Waals surface area contributed by atoms with E-state index in [2.05, 4.69) is 16.4 Å². The normalized spacial score (nSPS) is 22.1. The zero-order valence-electron chi connectivity index (χ0n) is 20.8. The van der Waals surface area contributed by atoms with E-state index in [1.54, 1.807) is 18.1 Å². The monoisotopic (exact) mass is 498 g/mol. The fourth-order valence-corrected chi connectivity index (χ4v) is 5.79. The van der Waals surface area contributed by atoms with Gasteiger partial charge in [-0.1, -0.05) is 36.4 Å². The number of benzene rings is 2. The molecule has 0 unspecified atom stereocenters. The third kappa shape index (κ3) is 4.82. The number of aromatic nitrogens is 1. The van der Waals surface area contributed by atoms with Gasteiger partial charge in [0, 0.05) is 35.7 Å². The van der Waals surface area contributed by atoms with Crippen molar-refractivity contribution in [2.24, 2.45) is 5.92 Å². The van der Waals surface area contributed by atoms with Gasteiger partial charge in [-0.3, -0.25) is 14.4 Å². The molecule has 2 N–H and O–H groups in total. The maximum absolute atomic E-state index is 13.7. The number of nitriles is 1. The Morgan fingerprint density at radius 1 is 1.19 bits per heavy atom. The van der Waals surface area contributed by atoms with Gasteiger partial charge in [-0.2, -0.15) is 5.26 Å². The van der Waals surface area contributed by atoms with Gasteiger partial charge in [-0.05, 0) is 49.4 Å². The Morgan fingerprint density at radius 2 is 2.00 bits per heavy atom. The highest BCUT2D eigenvalue weighted by atomic mass is 16.5. The van der Waals surface area contributed by atoms with Gasteiger partial charge in [0.15, 0.2) is 0 Å². The van der Waals surface area contributed by atoms with E-state index in [1.165, 1.54) is 0 Å². The van der Waals surface area contributed by atoms with Crippen LogP contribution in [0.2, 0.25) is 0 Å². The van der Waals surface area contributed by atoms with Gasteiger partial charge in [-0.25, -0.2) is 0 Å². The van der Waals surface area contributed by atoms with Crippen molar-refractivity contribution in [1.29, 1.82) is 5.26 Å². The number of amides is 2. The summed E-state index contributed by atoms with van der Waals surface area (Å²) in [5.41, 5.74) is 2.11. The van der Waals surface area contributed by atoms with Crippen molar-refractivity contribution in [1.82, 2.24) is 15.2 Å². The molecule has 0 spiro atoms. The molecule has 5 rings (SSSR count). The molecule has 1 aliphatic carbocycles. The minimum Gasteiger partial charge on any atom is -0.496 e. The number of nitrogens with zero attached hydrogens (tertiary/aromatic N) is 2. The Bertz CT molecular complexity index is 1360. The molecule has 190 valence electrons. The molecule has 8 heteroatoms. The number of carbonyl (C=O) groups is 3. The van der Waals surface area contributed by atoms with Gasteiger partial charge in [0.05, 0.1) is 13.2 Å². The summed E-state index contributed by atoms with van der Waals surface area (Å²) in [4.78, 5) is 44.4. The maximum atomic E-state index is 13.7. The molecule has 2 aliphatic rings. The Morgan fingerprint density at radius 3 is 2.70 bits per heavy atom. The number of aromatic amines is 1. The van der Waals surface area contributed by atoms with Gasteiger partial charge in [0.25, 0.3) is 5.91 Å². The highest BCUT2D eigenvalue weighted by molar-refractivity contribution is 6.02. The number of ketones is 1. The summed E-state index contributed by atoms with van der Waals surface area (Å²) < 4.78 is 5.43. The number of Topliss-reactive ketones (excluding diaryl/α,β-unsaturated/α-hetero) is 1. The van der Waals surface area contributed by atoms with Gasteiger partial charge < -0.3 is 19.9 Å². The van der Waals surface area contributed by atoms with Gasteiger partial charge in [-0.15, -0.1) is 0 Å². The average Bonchev–Trinajstić information content (AvgIpc) is 3.66. The van der Waals surface area contributed by atoms with Crippen LogP contribution in [-0.4, -0.2) is 53.2 Å². The molecule has 8 nitrogen and oxygen atoms in total. The second-order valence-electron chi connectivity index (χ2n) is 9.84. The van der Waals surface area contributed by atoms with Crippen LogP contribution in [0.25, 0.3) is 10.9 Å². The van der Waals surface area contributed by atoms with E-state index in [0.29, 0.717) is 37.3 Å². The first-order valence-corrected chi connectivity index (χ1v) is 12.7. The SMILES string of the molecule is COc1cccc2[nH]c(C(=O)N3CC[C@H](c4ccccc4)[C@H]3C(=O)N[C@H](C#N)C[C@@H]3CCCC3=O)cc12. The summed E-state index contributed by atoms with van der Waals surface area (Å²) in [5.74, 6) is -0.247. The topological polar surface area (TPSA) is 115 Å². The number of H-pyrrole nitrogens is 1. The van der Waals surface area contributed by atoms with Crippen LogP contribution in [0.1, 0.15) is 54.1 Å². The third-order valence-electron chi connectivity index (χ3n) is 7.65. The molecule has 2 amide bonds. The van der Waals surface area contributed by atoms with E-state index < -0.39 is 12.1 Å². The number of hydrogen-bond donors (Lipinski definition) is 2. The molecule has 37 heavy (non-hydrogen) atoms. The Labute approximate surface area is 215 Å². The molecule has 4 atom stereocenters. The van der Waals surface area contributed by atoms with Crippen molar-refractivity contribution >= 4 is 28.5 Å². The molecule has 3 aromatic rings. The standard InChI is InChI=1S/C29H30N4O4/c1-37-26-12-6-10-23-22(26)16-24(32-23)29(36)33-14-13-21(18-7-3-2-4-8-18)27(33)28(35)31-20(17-30)15-19-9-5-11-25(19)34/h2-4,6-8,10,12,16,19-21,27,32H,5,9,11,13-15H2,1H3,(H,31,35)/t19-,20-,21+,27-/m0/s1. The number of ether oxygens (including phenoxy) is 1. The van der Waals surface area contributed by atoms with Gasteiger partial charge in [0.2, 0.25) is 5.91 Å². The number of methoxy groups -OCH3 is 1. The van der Waals surface area contributed by atoms with E-state index in [0.717, 1.165) is 29.3 Å². The van der Waals surface area contributed by atoms with Crippen molar-refractivity contribution in [3.63, 3.8) is 0 Å². The fraction of sp³-hybridized carbons (Fsp3) is 0.379. The van der Waals surface area contributed by atoms with Crippen LogP contribution in [0.5, 0.6) is 5.75 Å². The number of nitrogens with one attached hydrogen (secondary N) is 2. The van der Waals surface area contributed by atoms with E-state index >= 15 is 0 Å². The highest BCUT2D eigenvalue weighted by Crippen LogP contribution is 2.36. The Kier molecular flexibility index (Phi) is 6.95. The van der Waals surface area contributed by atoms with Crippen LogP contribution in [0.15, 0.2) is 54.6 Å². The Hall–Kier alpha value is -4.12. The minimum absolute atomic E-state index is 0.156. The lowest BCUT2D eigenvalue weighted by Gasteiger charge is -2.28. The summed E-state index contributed by atoms with van der Waals surface area (Å²) in [6, 6.07) is 17.6. The second-order valence-corrected chi connectivity index (χ2v) is 9.84. The molecule has 1 saturated carbocycles. The summed E-state index contributed by atoms with van der Waals surface area (Å²) >= 11 is 0. The van der Waals surface area contributed by atoms with Gasteiger partial charge >= 0.3 is 0 Å². The van der Waals surface area contributed by atoms with Crippen molar-refractivity contribution in [3.8, 4) is 11.8 Å². The maximum Gasteiger partial charge on any atom is 0.271 e. The smallest absolute Gasteiger partial charge is 0.271 e. The first kappa shape index (κ1) is 24.6. The lowest BCUT2D eigenvalue weighted by molar-refractivity contribution is -0.126. The van der Waals surface area contributed by atoms with Gasteiger partial charge in [0.1, 0.15) is 29.3 Å². The summed E-state index contributed by atoms with van der Waals surface area (Å²) in [6.07, 6.45) is 3.03. The van der Waals surface area contributed by atoms with E-state index in [9.17, 15) is 19.6 Å². The summed E-state index contributed by atoms with van der Waals surface area (Å²) in [7, 11) is 1.58. The van der Waals surface area contributed by atoms with E-state index in [4.69, 9.17) is 4.74 Å². The average molecular weight is 499 g/mol. The van der Waals surface area contributed by atoms with Crippen LogP contribution in [0.4, 0.5) is 0 Å². The summed E-state index contributed by atoms with van der Waals surface area (Å²) in [5, 5.41) is 13.4. The molecular weight excluding hydrogens is 468 g/mol. The number of rotatable bonds is 7. The molecule has 2 fully saturated rings. The van der Waals surface area contributed by atoms with Crippen LogP contribution < -0.4 is 10.1 Å². The van der Waals surface area contributed by atoms with Crippen LogP contribution >= 0.6 is 0 Å². The zero-order chi connectivity index (χ0) is 25.9. The number of carbonyl (C=O) groups excluding carboxylic acids is 3. The van der Waals surface area contributed by atoms with Crippen molar-refractivity contribution in [3.05, 3.63) is 65.9 Å². The first-order chi connectivity index (χ1) is 18.0. The molecule has 0 bridgehead atoms. The van der Waals surface area contributed by atoms with Crippen molar-refractivity contribution in [2.75, 3.05) is 13.7 Å². The summed E-state index contributed by atoms with van der Waals surface area (Å²) in [6.45, 7) is 0.404. The zero-order valence-corrected chi connectivity index (χ0v) is 20.8. The highest BCUT2D eigenvalue weighted by Gasteiger charge is 2.44. The van der Waals surface area contributed by atoms with Crippen LogP contribution in [0.3, 0.4) is 0 Å². The second kappa shape index (κ2) is 10.5. The molecular formula is C29H30N4O4. The number of fused-ring (bicyclic) bond motifs is 1. The molecule has 1 aromatic heterocycles. The number of hydrogen-bond acceptors (Lipinski definition) is 5. The Balaban J connectivity index is 1.43. The largest absolute Gasteiger partial charge is 0.496 e. The minimum atomic E-state index is -0.786. The third-order valence-corrected chi connectivity index (χ3v) is 7.65. The molecule has 1 saturated heterocycles. The lowest BCUT2D eigenvalue weighted by atomic mass is 9.90. The lowest BCUT2D eigenvalue weighted by Crippen LogP contribution is -2.50. The van der Waals surface area contributed by atoms with E-state index in [-0.39, 0.29) is 29.4 Å².